The molecule has 2 aliphatic carbocycles. The first-order chi connectivity index (χ1) is 30.1. The van der Waals surface area contributed by atoms with Gasteiger partial charge in [-0.2, -0.15) is 0 Å². The van der Waals surface area contributed by atoms with Gasteiger partial charge in [0, 0.05) is 56.7 Å². The number of benzene rings is 6. The highest BCUT2D eigenvalue weighted by Gasteiger charge is 2.25. The molecule has 6 aromatic carbocycles. The maximum Gasteiger partial charge on any atom is 0.143 e. The first-order valence-corrected chi connectivity index (χ1v) is 21.0. The van der Waals surface area contributed by atoms with Gasteiger partial charge in [0.2, 0.25) is 0 Å². The molecule has 0 saturated heterocycles. The van der Waals surface area contributed by atoms with Crippen LogP contribution in [0.3, 0.4) is 0 Å². The van der Waals surface area contributed by atoms with Gasteiger partial charge in [0.25, 0.3) is 0 Å². The average molecular weight is 788 g/mol. The number of nitrogens with zero attached hydrogens (tertiary/aromatic N) is 1. The number of hydrogen-bond donors (Lipinski definition) is 0. The van der Waals surface area contributed by atoms with Crippen LogP contribution in [0.4, 0.5) is 0 Å². The van der Waals surface area contributed by atoms with E-state index in [-0.39, 0.29) is 11.8 Å². The molecule has 0 radical (unpaired) electrons. The number of furan rings is 2. The van der Waals surface area contributed by atoms with Gasteiger partial charge in [0.1, 0.15) is 22.5 Å². The van der Waals surface area contributed by atoms with Gasteiger partial charge in [-0.15, -0.1) is 0 Å². The van der Waals surface area contributed by atoms with Crippen LogP contribution in [0.2, 0.25) is 0 Å². The third-order valence-corrected chi connectivity index (χ3v) is 11.9. The van der Waals surface area contributed by atoms with Crippen LogP contribution in [0.1, 0.15) is 47.1 Å². The highest BCUT2D eigenvalue weighted by atomic mass is 16.3. The van der Waals surface area contributed by atoms with Crippen LogP contribution in [0.25, 0.3) is 66.5 Å². The lowest BCUT2D eigenvalue weighted by molar-refractivity contribution is 0.580. The van der Waals surface area contributed by atoms with Gasteiger partial charge in [-0.3, -0.25) is 0 Å². The van der Waals surface area contributed by atoms with E-state index in [1.165, 1.54) is 33.0 Å². The second-order valence-electron chi connectivity index (χ2n) is 15.6. The molecule has 3 heteroatoms. The van der Waals surface area contributed by atoms with Crippen molar-refractivity contribution in [2.75, 3.05) is 0 Å². The number of para-hydroxylation sites is 2. The monoisotopic (exact) mass is 787 g/mol. The fourth-order valence-corrected chi connectivity index (χ4v) is 8.92. The summed E-state index contributed by atoms with van der Waals surface area (Å²) in [7, 11) is 0. The van der Waals surface area contributed by atoms with Crippen molar-refractivity contribution in [2.45, 2.75) is 24.7 Å². The molecule has 0 bridgehead atoms. The molecule has 0 fully saturated rings. The Hall–Kier alpha value is -7.62. The highest BCUT2D eigenvalue weighted by molar-refractivity contribution is 6.08. The second-order valence-corrected chi connectivity index (χ2v) is 15.6. The summed E-state index contributed by atoms with van der Waals surface area (Å²) in [6, 6.07) is 47.0. The summed E-state index contributed by atoms with van der Waals surface area (Å²) in [5, 5.41) is 5.73. The number of allylic oxidation sites excluding steroid dienone is 12. The Kier molecular flexibility index (Phi) is 10.2. The van der Waals surface area contributed by atoms with E-state index in [9.17, 15) is 0 Å². The lowest BCUT2D eigenvalue weighted by Gasteiger charge is -2.28. The summed E-state index contributed by atoms with van der Waals surface area (Å²) in [5.41, 5.74) is 11.7. The maximum atomic E-state index is 6.53. The molecule has 0 amide bonds. The van der Waals surface area contributed by atoms with Crippen LogP contribution in [-0.4, -0.2) is 4.90 Å². The zero-order valence-corrected chi connectivity index (χ0v) is 34.0. The largest absolute Gasteiger partial charge is 0.456 e. The Morgan fingerprint density at radius 2 is 1.46 bits per heavy atom. The van der Waals surface area contributed by atoms with Crippen molar-refractivity contribution < 1.29 is 8.83 Å². The van der Waals surface area contributed by atoms with Crippen molar-refractivity contribution in [1.29, 1.82) is 0 Å². The van der Waals surface area contributed by atoms with Gasteiger partial charge in [-0.1, -0.05) is 177 Å². The van der Waals surface area contributed by atoms with Gasteiger partial charge in [0.05, 0.1) is 0 Å². The lowest BCUT2D eigenvalue weighted by atomic mass is 9.87. The zero-order chi connectivity index (χ0) is 41.1. The van der Waals surface area contributed by atoms with Crippen LogP contribution in [0.15, 0.2) is 240 Å². The Labute approximate surface area is 356 Å². The van der Waals surface area contributed by atoms with Gasteiger partial charge in [-0.05, 0) is 88.4 Å². The topological polar surface area (TPSA) is 29.5 Å². The quantitative estimate of drug-likeness (QED) is 0.122. The molecule has 8 aromatic rings. The van der Waals surface area contributed by atoms with Crippen molar-refractivity contribution >= 4 is 55.3 Å². The van der Waals surface area contributed by atoms with Gasteiger partial charge >= 0.3 is 0 Å². The molecular weight excluding hydrogens is 743 g/mol. The van der Waals surface area contributed by atoms with Crippen LogP contribution in [0, 0.1) is 0 Å². The fourth-order valence-electron chi connectivity index (χ4n) is 8.92. The van der Waals surface area contributed by atoms with E-state index >= 15 is 0 Å². The van der Waals surface area contributed by atoms with E-state index in [1.54, 1.807) is 0 Å². The summed E-state index contributed by atoms with van der Waals surface area (Å²) in [6.45, 7) is 8.29. The Balaban J connectivity index is 1.05. The molecule has 0 saturated carbocycles. The molecule has 2 unspecified atom stereocenters. The molecule has 0 spiro atoms. The standard InChI is InChI=1S/C58H45NO2/c1-3-5-25-49(37-47-23-14-30-55-57(47)53-38-45-19-9-10-20-46(45)39-56(53)60-55)59(48-33-31-42(32-34-48)44-22-13-21-43(36-44)41-17-7-6-8-18-41)35-16-24-40(4-2)50-27-15-28-52-51-26-11-12-29-54(51)61-58(50)52/h3-22,24-31,33-39,42,47H,1-2,23,32H2/b25-5-,35-16+,40-24+,49-37-. The minimum atomic E-state index is 0.0781. The van der Waals surface area contributed by atoms with Crippen molar-refractivity contribution in [3.63, 3.8) is 0 Å². The molecule has 2 atom stereocenters. The smallest absolute Gasteiger partial charge is 0.143 e. The van der Waals surface area contributed by atoms with Crippen molar-refractivity contribution in [3.8, 4) is 11.1 Å². The maximum absolute atomic E-state index is 6.53. The first kappa shape index (κ1) is 37.6. The van der Waals surface area contributed by atoms with E-state index in [2.05, 4.69) is 200 Å². The zero-order valence-electron chi connectivity index (χ0n) is 34.0. The summed E-state index contributed by atoms with van der Waals surface area (Å²) < 4.78 is 13.0. The average Bonchev–Trinajstić information content (AvgIpc) is 3.89. The van der Waals surface area contributed by atoms with Gasteiger partial charge in [-0.25, -0.2) is 0 Å². The summed E-state index contributed by atoms with van der Waals surface area (Å²) in [4.78, 5) is 2.29. The minimum absolute atomic E-state index is 0.0781. The Morgan fingerprint density at radius 3 is 2.30 bits per heavy atom. The summed E-state index contributed by atoms with van der Waals surface area (Å²) in [5.74, 6) is 1.25. The van der Waals surface area contributed by atoms with Crippen molar-refractivity contribution in [3.05, 3.63) is 253 Å². The normalized spacial score (nSPS) is 16.9. The minimum Gasteiger partial charge on any atom is -0.456 e. The molecule has 2 heterocycles. The van der Waals surface area contributed by atoms with Crippen molar-refractivity contribution in [1.82, 2.24) is 4.90 Å². The highest BCUT2D eigenvalue weighted by Crippen LogP contribution is 2.42. The van der Waals surface area contributed by atoms with Crippen molar-refractivity contribution in [2.24, 2.45) is 0 Å². The predicted octanol–water partition coefficient (Wildman–Crippen LogP) is 16.0. The molecule has 294 valence electrons. The Bertz CT molecular complexity index is 3190. The van der Waals surface area contributed by atoms with E-state index in [4.69, 9.17) is 8.83 Å². The molecule has 2 aromatic heterocycles. The second kappa shape index (κ2) is 16.6. The van der Waals surface area contributed by atoms with Crippen LogP contribution in [-0.2, 0) is 0 Å². The van der Waals surface area contributed by atoms with E-state index < -0.39 is 0 Å². The van der Waals surface area contributed by atoms with Crippen LogP contribution >= 0.6 is 0 Å². The number of fused-ring (bicyclic) bond motifs is 7. The molecule has 3 nitrogen and oxygen atoms in total. The fraction of sp³-hybridized carbons (Fsp3) is 0.0690. The molecule has 10 rings (SSSR count). The Morgan fingerprint density at radius 1 is 0.672 bits per heavy atom. The molecular formula is C58H45NO2. The third-order valence-electron chi connectivity index (χ3n) is 11.9. The van der Waals surface area contributed by atoms with Crippen LogP contribution in [0.5, 0.6) is 0 Å². The first-order valence-electron chi connectivity index (χ1n) is 21.0. The number of hydrogen-bond acceptors (Lipinski definition) is 3. The predicted molar refractivity (Wildman–Crippen MR) is 257 cm³/mol. The van der Waals surface area contributed by atoms with E-state index in [1.807, 2.05) is 30.4 Å². The van der Waals surface area contributed by atoms with E-state index in [0.717, 1.165) is 74.0 Å². The number of rotatable bonds is 11. The molecule has 61 heavy (non-hydrogen) atoms. The summed E-state index contributed by atoms with van der Waals surface area (Å²) >= 11 is 0. The summed E-state index contributed by atoms with van der Waals surface area (Å²) in [6.07, 6.45) is 29.8. The van der Waals surface area contributed by atoms with Gasteiger partial charge < -0.3 is 13.7 Å². The van der Waals surface area contributed by atoms with Gasteiger partial charge in [0.15, 0.2) is 0 Å². The SMILES string of the molecule is C=C/C=C\C(=C\C1CC=Cc2oc3cc4ccccc4cc3c21)N(/C=C/C=C(\C=C)c1cccc2c1oc1ccccc12)C1=CCC(c2cccc(-c3ccccc3)c2)C=C1. The lowest BCUT2D eigenvalue weighted by Crippen LogP contribution is -2.17. The molecule has 2 aliphatic rings. The van der Waals surface area contributed by atoms with E-state index in [0.29, 0.717) is 0 Å². The molecule has 0 N–H and O–H groups in total. The third kappa shape index (κ3) is 7.36. The van der Waals surface area contributed by atoms with Crippen LogP contribution < -0.4 is 0 Å². The molecule has 0 aliphatic heterocycles.